The summed E-state index contributed by atoms with van der Waals surface area (Å²) in [6.45, 7) is 8.59. The van der Waals surface area contributed by atoms with E-state index >= 15 is 0 Å². The average Bonchev–Trinajstić information content (AvgIpc) is 3.00. The van der Waals surface area contributed by atoms with Crippen LogP contribution in [0.15, 0.2) is 18.2 Å². The number of H-pyrrole nitrogens is 1. The average molecular weight is 316 g/mol. The number of hydrogen-bond donors (Lipinski definition) is 2. The van der Waals surface area contributed by atoms with Crippen LogP contribution in [0.1, 0.15) is 35.5 Å². The first kappa shape index (κ1) is 16.0. The van der Waals surface area contributed by atoms with Gasteiger partial charge in [-0.15, -0.1) is 0 Å². The Kier molecular flexibility index (Phi) is 4.17. The van der Waals surface area contributed by atoms with E-state index in [0.717, 1.165) is 16.5 Å². The number of hydrogen-bond acceptors (Lipinski definition) is 3. The molecule has 1 aliphatic rings. The lowest BCUT2D eigenvalue weighted by Crippen LogP contribution is -2.31. The Hall–Kier alpha value is -1.85. The van der Waals surface area contributed by atoms with Crippen molar-refractivity contribution in [2.45, 2.75) is 46.0 Å². The highest BCUT2D eigenvalue weighted by atomic mass is 16.5. The van der Waals surface area contributed by atoms with Gasteiger partial charge >= 0.3 is 0 Å². The fraction of sp³-hybridized carbons (Fsp3) is 0.500. The van der Waals surface area contributed by atoms with Crippen molar-refractivity contribution >= 4 is 16.8 Å². The summed E-state index contributed by atoms with van der Waals surface area (Å²) in [5.41, 5.74) is 3.69. The molecule has 0 saturated carbocycles. The normalized spacial score (nSPS) is 21.6. The maximum atomic E-state index is 12.8. The van der Waals surface area contributed by atoms with Crippen LogP contribution in [-0.2, 0) is 4.74 Å². The zero-order valence-electron chi connectivity index (χ0n) is 14.1. The number of benzene rings is 1. The van der Waals surface area contributed by atoms with Gasteiger partial charge in [0.05, 0.1) is 12.2 Å². The highest BCUT2D eigenvalue weighted by Gasteiger charge is 2.36. The summed E-state index contributed by atoms with van der Waals surface area (Å²) in [6, 6.07) is 6.11. The van der Waals surface area contributed by atoms with Crippen LogP contribution in [0.3, 0.4) is 0 Å². The van der Waals surface area contributed by atoms with Crippen molar-refractivity contribution in [1.82, 2.24) is 9.88 Å². The molecule has 1 aliphatic heterocycles. The molecule has 3 rings (SSSR count). The lowest BCUT2D eigenvalue weighted by molar-refractivity contribution is -0.0394. The fourth-order valence-electron chi connectivity index (χ4n) is 3.22. The molecule has 0 radical (unpaired) electrons. The van der Waals surface area contributed by atoms with E-state index in [4.69, 9.17) is 4.74 Å². The monoisotopic (exact) mass is 316 g/mol. The first-order valence-corrected chi connectivity index (χ1v) is 8.08. The number of carbonyl (C=O) groups excluding carboxylic acids is 1. The molecule has 0 spiro atoms. The minimum Gasteiger partial charge on any atom is -0.388 e. The predicted octanol–water partition coefficient (Wildman–Crippen LogP) is 2.40. The largest absolute Gasteiger partial charge is 0.388 e. The van der Waals surface area contributed by atoms with Crippen molar-refractivity contribution in [2.24, 2.45) is 0 Å². The molecule has 5 nitrogen and oxygen atoms in total. The topological polar surface area (TPSA) is 65.6 Å². The molecule has 1 aromatic carbocycles. The third-order valence-corrected chi connectivity index (χ3v) is 4.40. The van der Waals surface area contributed by atoms with Crippen LogP contribution >= 0.6 is 0 Å². The van der Waals surface area contributed by atoms with E-state index in [2.05, 4.69) is 11.1 Å². The van der Waals surface area contributed by atoms with Gasteiger partial charge in [-0.3, -0.25) is 4.79 Å². The molecular formula is C18H24N2O3. The third-order valence-electron chi connectivity index (χ3n) is 4.40. The van der Waals surface area contributed by atoms with Crippen molar-refractivity contribution < 1.29 is 14.6 Å². The summed E-state index contributed by atoms with van der Waals surface area (Å²) < 4.78 is 5.69. The zero-order chi connectivity index (χ0) is 16.7. The van der Waals surface area contributed by atoms with Gasteiger partial charge in [0.1, 0.15) is 11.8 Å². The number of aromatic amines is 1. The highest BCUT2D eigenvalue weighted by molar-refractivity contribution is 6.01. The number of carbonyl (C=O) groups is 1. The number of amides is 1. The summed E-state index contributed by atoms with van der Waals surface area (Å²) >= 11 is 0. The van der Waals surface area contributed by atoms with Gasteiger partial charge < -0.3 is 19.7 Å². The van der Waals surface area contributed by atoms with E-state index in [-0.39, 0.29) is 18.1 Å². The van der Waals surface area contributed by atoms with E-state index in [0.29, 0.717) is 18.8 Å². The SMILES string of the molecule is Cc1ccc2[nH]c(C(=O)N3C[C@H](OC(C)C)[C@@H](O)C3)c(C)c2c1. The molecule has 1 saturated heterocycles. The minimum absolute atomic E-state index is 0.0301. The van der Waals surface area contributed by atoms with E-state index in [1.807, 2.05) is 39.8 Å². The maximum Gasteiger partial charge on any atom is 0.270 e. The molecule has 1 aromatic heterocycles. The number of rotatable bonds is 3. The number of aliphatic hydroxyl groups excluding tert-OH is 1. The van der Waals surface area contributed by atoms with Gasteiger partial charge in [0.2, 0.25) is 0 Å². The molecule has 124 valence electrons. The van der Waals surface area contributed by atoms with Crippen molar-refractivity contribution in [2.75, 3.05) is 13.1 Å². The smallest absolute Gasteiger partial charge is 0.270 e. The first-order valence-electron chi connectivity index (χ1n) is 8.08. The highest BCUT2D eigenvalue weighted by Crippen LogP contribution is 2.25. The van der Waals surface area contributed by atoms with Crippen molar-refractivity contribution in [3.8, 4) is 0 Å². The lowest BCUT2D eigenvalue weighted by atomic mass is 10.1. The molecule has 23 heavy (non-hydrogen) atoms. The van der Waals surface area contributed by atoms with Crippen LogP contribution in [0.5, 0.6) is 0 Å². The Labute approximate surface area is 136 Å². The lowest BCUT2D eigenvalue weighted by Gasteiger charge is -2.18. The Morgan fingerprint density at radius 1 is 1.35 bits per heavy atom. The Bertz CT molecular complexity index is 735. The summed E-state index contributed by atoms with van der Waals surface area (Å²) in [7, 11) is 0. The van der Waals surface area contributed by atoms with E-state index < -0.39 is 6.10 Å². The molecular weight excluding hydrogens is 292 g/mol. The molecule has 2 aromatic rings. The zero-order valence-corrected chi connectivity index (χ0v) is 14.1. The Morgan fingerprint density at radius 3 is 2.78 bits per heavy atom. The number of fused-ring (bicyclic) bond motifs is 1. The Balaban J connectivity index is 1.85. The van der Waals surface area contributed by atoms with Gasteiger partial charge in [-0.25, -0.2) is 0 Å². The summed E-state index contributed by atoms with van der Waals surface area (Å²) in [6.07, 6.45) is -0.915. The number of ether oxygens (including phenoxy) is 1. The summed E-state index contributed by atoms with van der Waals surface area (Å²) in [5, 5.41) is 11.2. The van der Waals surface area contributed by atoms with Gasteiger partial charge in [-0.1, -0.05) is 11.6 Å². The number of nitrogens with one attached hydrogen (secondary N) is 1. The first-order chi connectivity index (χ1) is 10.9. The second kappa shape index (κ2) is 5.98. The maximum absolute atomic E-state index is 12.8. The molecule has 1 amide bonds. The standard InChI is InChI=1S/C18H24N2O3/c1-10(2)23-16-9-20(8-15(16)21)18(22)17-12(4)13-7-11(3)5-6-14(13)19-17/h5-7,10,15-16,19,21H,8-9H2,1-4H3/t15-,16-/m0/s1. The van der Waals surface area contributed by atoms with E-state index in [9.17, 15) is 9.90 Å². The number of aliphatic hydroxyl groups is 1. The Morgan fingerprint density at radius 2 is 2.09 bits per heavy atom. The molecule has 1 fully saturated rings. The number of nitrogens with zero attached hydrogens (tertiary/aromatic N) is 1. The van der Waals surface area contributed by atoms with Gasteiger partial charge in [0.25, 0.3) is 5.91 Å². The van der Waals surface area contributed by atoms with Gasteiger partial charge in [0.15, 0.2) is 0 Å². The number of aryl methyl sites for hydroxylation is 2. The molecule has 0 bridgehead atoms. The predicted molar refractivity (Wildman–Crippen MR) is 89.7 cm³/mol. The van der Waals surface area contributed by atoms with Crippen molar-refractivity contribution in [1.29, 1.82) is 0 Å². The molecule has 5 heteroatoms. The quantitative estimate of drug-likeness (QED) is 0.914. The molecule has 2 heterocycles. The summed E-state index contributed by atoms with van der Waals surface area (Å²) in [5.74, 6) is -0.0785. The number of aromatic nitrogens is 1. The molecule has 0 unspecified atom stereocenters. The molecule has 2 N–H and O–H groups in total. The van der Waals surface area contributed by atoms with Crippen LogP contribution < -0.4 is 0 Å². The van der Waals surface area contributed by atoms with Crippen LogP contribution in [-0.4, -0.2) is 52.3 Å². The van der Waals surface area contributed by atoms with Crippen LogP contribution in [0.2, 0.25) is 0 Å². The third kappa shape index (κ3) is 2.99. The van der Waals surface area contributed by atoms with Crippen LogP contribution in [0, 0.1) is 13.8 Å². The van der Waals surface area contributed by atoms with Crippen molar-refractivity contribution in [3.63, 3.8) is 0 Å². The molecule has 2 atom stereocenters. The van der Waals surface area contributed by atoms with Gasteiger partial charge in [0, 0.05) is 24.0 Å². The fourth-order valence-corrected chi connectivity index (χ4v) is 3.22. The van der Waals surface area contributed by atoms with E-state index in [1.165, 1.54) is 5.56 Å². The second-order valence-electron chi connectivity index (χ2n) is 6.67. The number of β-amino-alcohol motifs (C(OH)–C–C–N with tert-alkyl or cyclic N) is 1. The van der Waals surface area contributed by atoms with Gasteiger partial charge in [-0.05, 0) is 45.4 Å². The van der Waals surface area contributed by atoms with Crippen LogP contribution in [0.25, 0.3) is 10.9 Å². The van der Waals surface area contributed by atoms with Crippen molar-refractivity contribution in [3.05, 3.63) is 35.0 Å². The summed E-state index contributed by atoms with van der Waals surface area (Å²) in [4.78, 5) is 17.7. The van der Waals surface area contributed by atoms with E-state index in [1.54, 1.807) is 4.90 Å². The number of likely N-dealkylation sites (tertiary alicyclic amines) is 1. The van der Waals surface area contributed by atoms with Gasteiger partial charge in [-0.2, -0.15) is 0 Å². The van der Waals surface area contributed by atoms with Crippen LogP contribution in [0.4, 0.5) is 0 Å². The molecule has 0 aliphatic carbocycles. The second-order valence-corrected chi connectivity index (χ2v) is 6.67. The minimum atomic E-state index is -0.631.